The molecule has 0 amide bonds. The lowest BCUT2D eigenvalue weighted by molar-refractivity contribution is -0.136. The number of aryl methyl sites for hydroxylation is 1. The predicted molar refractivity (Wildman–Crippen MR) is 91.0 cm³/mol. The number of fused-ring (bicyclic) bond motifs is 1. The molecule has 7 heteroatoms. The van der Waals surface area contributed by atoms with Crippen LogP contribution in [0.4, 0.5) is 19.0 Å². The molecule has 0 aliphatic rings. The van der Waals surface area contributed by atoms with E-state index in [-0.39, 0.29) is 17.8 Å². The second kappa shape index (κ2) is 6.65. The zero-order valence-electron chi connectivity index (χ0n) is 12.8. The molecule has 0 saturated heterocycles. The van der Waals surface area contributed by atoms with E-state index < -0.39 is 11.7 Å². The van der Waals surface area contributed by atoms with Crippen LogP contribution in [0.15, 0.2) is 42.6 Å². The van der Waals surface area contributed by atoms with Gasteiger partial charge in [0.05, 0.1) is 16.8 Å². The van der Waals surface area contributed by atoms with Crippen LogP contribution in [0.5, 0.6) is 0 Å². The third kappa shape index (κ3) is 3.14. The van der Waals surface area contributed by atoms with Crippen molar-refractivity contribution in [2.45, 2.75) is 19.5 Å². The first kappa shape index (κ1) is 18.0. The zero-order valence-corrected chi connectivity index (χ0v) is 13.6. The second-order valence-electron chi connectivity index (χ2n) is 5.14. The number of nitrogen functional groups attached to an aromatic ring is 1. The second-order valence-corrected chi connectivity index (χ2v) is 5.14. The number of hydrogen-bond acceptors (Lipinski definition) is 3. The van der Waals surface area contributed by atoms with Gasteiger partial charge in [0.1, 0.15) is 5.82 Å². The van der Waals surface area contributed by atoms with E-state index in [0.717, 1.165) is 17.3 Å². The van der Waals surface area contributed by atoms with Crippen molar-refractivity contribution in [3.63, 3.8) is 0 Å². The Kier molecular flexibility index (Phi) is 4.99. The molecule has 0 bridgehead atoms. The summed E-state index contributed by atoms with van der Waals surface area (Å²) >= 11 is 0. The summed E-state index contributed by atoms with van der Waals surface area (Å²) in [6, 6.07) is 8.90. The fourth-order valence-corrected chi connectivity index (χ4v) is 2.67. The number of pyridine rings is 2. The zero-order chi connectivity index (χ0) is 16.6. The summed E-state index contributed by atoms with van der Waals surface area (Å²) in [7, 11) is 0. The lowest BCUT2D eigenvalue weighted by Crippen LogP contribution is -2.06. The van der Waals surface area contributed by atoms with Gasteiger partial charge in [-0.2, -0.15) is 13.2 Å². The molecule has 0 fully saturated rings. The first-order chi connectivity index (χ1) is 10.9. The summed E-state index contributed by atoms with van der Waals surface area (Å²) in [6.45, 7) is 1.92. The van der Waals surface area contributed by atoms with Crippen LogP contribution < -0.4 is 5.73 Å². The van der Waals surface area contributed by atoms with Gasteiger partial charge in [0.15, 0.2) is 0 Å². The summed E-state index contributed by atoms with van der Waals surface area (Å²) in [4.78, 5) is 8.44. The van der Waals surface area contributed by atoms with Crippen molar-refractivity contribution >= 4 is 29.1 Å². The molecule has 0 aliphatic heterocycles. The summed E-state index contributed by atoms with van der Waals surface area (Å²) in [6.07, 6.45) is -2.31. The van der Waals surface area contributed by atoms with Crippen molar-refractivity contribution in [1.82, 2.24) is 9.97 Å². The number of benzene rings is 1. The molecule has 126 valence electrons. The fourth-order valence-electron chi connectivity index (χ4n) is 2.67. The first-order valence-electron chi connectivity index (χ1n) is 7.12. The van der Waals surface area contributed by atoms with Crippen molar-refractivity contribution in [3.8, 4) is 11.1 Å². The highest BCUT2D eigenvalue weighted by molar-refractivity contribution is 5.96. The lowest BCUT2D eigenvalue weighted by atomic mass is 9.96. The molecule has 2 aromatic heterocycles. The van der Waals surface area contributed by atoms with E-state index in [1.165, 1.54) is 24.4 Å². The molecule has 0 radical (unpaired) electrons. The molecule has 0 unspecified atom stereocenters. The van der Waals surface area contributed by atoms with E-state index in [4.69, 9.17) is 5.73 Å². The van der Waals surface area contributed by atoms with Gasteiger partial charge in [-0.15, -0.1) is 12.4 Å². The fraction of sp³-hybridized carbons (Fsp3) is 0.176. The third-order valence-electron chi connectivity index (χ3n) is 3.70. The number of hydrogen-bond donors (Lipinski definition) is 1. The lowest BCUT2D eigenvalue weighted by Gasteiger charge is -2.14. The van der Waals surface area contributed by atoms with Crippen molar-refractivity contribution in [3.05, 3.63) is 53.9 Å². The minimum absolute atomic E-state index is 0. The quantitative estimate of drug-likeness (QED) is 0.714. The molecular formula is C17H15ClF3N3. The van der Waals surface area contributed by atoms with E-state index in [0.29, 0.717) is 23.3 Å². The molecular weight excluding hydrogens is 339 g/mol. The van der Waals surface area contributed by atoms with Crippen LogP contribution in [0.3, 0.4) is 0 Å². The average molecular weight is 354 g/mol. The van der Waals surface area contributed by atoms with E-state index in [9.17, 15) is 13.2 Å². The Bertz CT molecular complexity index is 879. The predicted octanol–water partition coefficient (Wildman–Crippen LogP) is 4.88. The van der Waals surface area contributed by atoms with E-state index in [1.807, 2.05) is 6.92 Å². The monoisotopic (exact) mass is 353 g/mol. The molecule has 0 saturated carbocycles. The van der Waals surface area contributed by atoms with Crippen molar-refractivity contribution in [2.75, 3.05) is 5.73 Å². The van der Waals surface area contributed by atoms with Crippen LogP contribution in [-0.4, -0.2) is 9.97 Å². The Morgan fingerprint density at radius 1 is 1.04 bits per heavy atom. The molecule has 3 rings (SSSR count). The number of anilines is 1. The minimum Gasteiger partial charge on any atom is -0.384 e. The van der Waals surface area contributed by atoms with Crippen molar-refractivity contribution in [1.29, 1.82) is 0 Å². The molecule has 2 N–H and O–H groups in total. The third-order valence-corrected chi connectivity index (χ3v) is 3.70. The normalized spacial score (nSPS) is 11.3. The largest absolute Gasteiger partial charge is 0.417 e. The Hall–Kier alpha value is -2.34. The molecule has 24 heavy (non-hydrogen) atoms. The van der Waals surface area contributed by atoms with Gasteiger partial charge in [-0.25, -0.2) is 4.98 Å². The molecule has 0 atom stereocenters. The Balaban J connectivity index is 0.00000208. The smallest absolute Gasteiger partial charge is 0.384 e. The highest BCUT2D eigenvalue weighted by atomic mass is 35.5. The number of alkyl halides is 3. The van der Waals surface area contributed by atoms with Gasteiger partial charge in [-0.05, 0) is 30.7 Å². The SMILES string of the molecule is CCc1nc(N)ccc1-c1ccc(C(F)(F)F)c2cccnc12.Cl. The van der Waals surface area contributed by atoms with E-state index in [2.05, 4.69) is 9.97 Å². The first-order valence-corrected chi connectivity index (χ1v) is 7.12. The average Bonchev–Trinajstić information content (AvgIpc) is 2.53. The molecule has 1 aromatic carbocycles. The van der Waals surface area contributed by atoms with Crippen LogP contribution in [0.2, 0.25) is 0 Å². The molecule has 2 heterocycles. The summed E-state index contributed by atoms with van der Waals surface area (Å²) in [5.74, 6) is 0.384. The minimum atomic E-state index is -4.42. The van der Waals surface area contributed by atoms with Gasteiger partial charge in [-0.1, -0.05) is 19.1 Å². The highest BCUT2D eigenvalue weighted by Gasteiger charge is 2.33. The van der Waals surface area contributed by atoms with Gasteiger partial charge in [0, 0.05) is 22.7 Å². The maximum Gasteiger partial charge on any atom is 0.417 e. The van der Waals surface area contributed by atoms with Gasteiger partial charge in [-0.3, -0.25) is 4.98 Å². The maximum atomic E-state index is 13.2. The molecule has 0 spiro atoms. The van der Waals surface area contributed by atoms with Crippen LogP contribution >= 0.6 is 12.4 Å². The molecule has 3 nitrogen and oxygen atoms in total. The van der Waals surface area contributed by atoms with Gasteiger partial charge >= 0.3 is 6.18 Å². The van der Waals surface area contributed by atoms with Gasteiger partial charge in [0.25, 0.3) is 0 Å². The van der Waals surface area contributed by atoms with Crippen molar-refractivity contribution in [2.24, 2.45) is 0 Å². The Morgan fingerprint density at radius 2 is 1.75 bits per heavy atom. The molecule has 3 aromatic rings. The van der Waals surface area contributed by atoms with E-state index >= 15 is 0 Å². The summed E-state index contributed by atoms with van der Waals surface area (Å²) in [5, 5.41) is 0.0800. The Morgan fingerprint density at radius 3 is 2.42 bits per heavy atom. The topological polar surface area (TPSA) is 51.8 Å². The number of nitrogens with zero attached hydrogens (tertiary/aromatic N) is 2. The summed E-state index contributed by atoms with van der Waals surface area (Å²) < 4.78 is 39.6. The molecule has 0 aliphatic carbocycles. The van der Waals surface area contributed by atoms with Gasteiger partial charge in [0.2, 0.25) is 0 Å². The highest BCUT2D eigenvalue weighted by Crippen LogP contribution is 2.38. The number of aromatic nitrogens is 2. The number of nitrogens with two attached hydrogens (primary N) is 1. The van der Waals surface area contributed by atoms with Crippen LogP contribution in [0.1, 0.15) is 18.2 Å². The standard InChI is InChI=1S/C17H14F3N3.ClH/c1-2-14-10(6-8-15(21)23-14)11-5-7-13(17(18,19)20)12-4-3-9-22-16(11)12;/h3-9H,2H2,1H3,(H2,21,23);1H. The van der Waals surface area contributed by atoms with Gasteiger partial charge < -0.3 is 5.73 Å². The Labute approximate surface area is 143 Å². The summed E-state index contributed by atoms with van der Waals surface area (Å²) in [5.41, 5.74) is 7.42. The number of halogens is 4. The van der Waals surface area contributed by atoms with Crippen LogP contribution in [0, 0.1) is 0 Å². The van der Waals surface area contributed by atoms with Crippen LogP contribution in [-0.2, 0) is 12.6 Å². The maximum absolute atomic E-state index is 13.2. The number of rotatable bonds is 2. The van der Waals surface area contributed by atoms with Crippen LogP contribution in [0.25, 0.3) is 22.0 Å². The van der Waals surface area contributed by atoms with E-state index in [1.54, 1.807) is 12.1 Å². The van der Waals surface area contributed by atoms with Crippen molar-refractivity contribution < 1.29 is 13.2 Å².